The molecule has 2 aromatic carbocycles. The molecule has 0 atom stereocenters. The van der Waals surface area contributed by atoms with Crippen molar-refractivity contribution in [1.29, 1.82) is 0 Å². The first kappa shape index (κ1) is 26.8. The van der Waals surface area contributed by atoms with Crippen molar-refractivity contribution >= 4 is 33.3 Å². The number of rotatable bonds is 5. The molecule has 0 saturated carbocycles. The maximum absolute atomic E-state index is 13.3. The predicted molar refractivity (Wildman–Crippen MR) is 107 cm³/mol. The zero-order valence-corrected chi connectivity index (χ0v) is 17.8. The second-order valence-corrected chi connectivity index (χ2v) is 8.30. The van der Waals surface area contributed by atoms with Gasteiger partial charge < -0.3 is 19.8 Å². The maximum atomic E-state index is 13.3. The summed E-state index contributed by atoms with van der Waals surface area (Å²) in [4.78, 5) is 21.9. The zero-order valence-electron chi connectivity index (χ0n) is 17.0. The van der Waals surface area contributed by atoms with E-state index >= 15 is 0 Å². The van der Waals surface area contributed by atoms with Crippen LogP contribution in [0, 0.1) is 11.6 Å². The molecular formula is C19H17F5N2O7S. The molecule has 2 aromatic rings. The van der Waals surface area contributed by atoms with Crippen LogP contribution in [0.5, 0.6) is 0 Å². The van der Waals surface area contributed by atoms with Crippen molar-refractivity contribution in [2.45, 2.75) is 11.1 Å². The van der Waals surface area contributed by atoms with Crippen molar-refractivity contribution < 1.29 is 54.9 Å². The molecule has 1 aliphatic heterocycles. The summed E-state index contributed by atoms with van der Waals surface area (Å²) < 4.78 is 90.2. The number of nitrogens with zero attached hydrogens (tertiary/aromatic N) is 1. The SMILES string of the molecule is O=C(O)C(F)(F)F.O=C(O)c1cc(NS(=O)(=O)c2ccc(F)c(F)c2)ccc1N1CCOCC1. The van der Waals surface area contributed by atoms with Gasteiger partial charge in [-0.15, -0.1) is 0 Å². The van der Waals surface area contributed by atoms with Gasteiger partial charge >= 0.3 is 18.1 Å². The molecule has 0 bridgehead atoms. The number of carboxylic acid groups (broad SMARTS) is 2. The van der Waals surface area contributed by atoms with Gasteiger partial charge in [-0.1, -0.05) is 0 Å². The molecule has 1 fully saturated rings. The Morgan fingerprint density at radius 3 is 2.06 bits per heavy atom. The topological polar surface area (TPSA) is 133 Å². The van der Waals surface area contributed by atoms with Gasteiger partial charge in [-0.25, -0.2) is 26.8 Å². The van der Waals surface area contributed by atoms with Gasteiger partial charge in [0.2, 0.25) is 0 Å². The number of anilines is 2. The zero-order chi connectivity index (χ0) is 25.7. The highest BCUT2D eigenvalue weighted by Crippen LogP contribution is 2.27. The van der Waals surface area contributed by atoms with Crippen LogP contribution < -0.4 is 9.62 Å². The van der Waals surface area contributed by atoms with Gasteiger partial charge in [-0.3, -0.25) is 4.72 Å². The number of carboxylic acids is 2. The van der Waals surface area contributed by atoms with Crippen molar-refractivity contribution in [3.8, 4) is 0 Å². The van der Waals surface area contributed by atoms with Crippen molar-refractivity contribution in [3.63, 3.8) is 0 Å². The minimum Gasteiger partial charge on any atom is -0.478 e. The van der Waals surface area contributed by atoms with E-state index in [9.17, 15) is 40.3 Å². The molecule has 0 spiro atoms. The maximum Gasteiger partial charge on any atom is 0.490 e. The van der Waals surface area contributed by atoms with Crippen LogP contribution in [-0.2, 0) is 19.6 Å². The number of sulfonamides is 1. The highest BCUT2D eigenvalue weighted by molar-refractivity contribution is 7.92. The quantitative estimate of drug-likeness (QED) is 0.521. The van der Waals surface area contributed by atoms with E-state index in [4.69, 9.17) is 14.6 Å². The normalized spacial score (nSPS) is 14.1. The summed E-state index contributed by atoms with van der Waals surface area (Å²) in [5.74, 6) is -6.44. The van der Waals surface area contributed by atoms with Crippen LogP contribution >= 0.6 is 0 Å². The van der Waals surface area contributed by atoms with E-state index in [0.29, 0.717) is 44.1 Å². The van der Waals surface area contributed by atoms with E-state index < -0.39 is 44.7 Å². The summed E-state index contributed by atoms with van der Waals surface area (Å²) in [7, 11) is -4.22. The summed E-state index contributed by atoms with van der Waals surface area (Å²) >= 11 is 0. The fourth-order valence-corrected chi connectivity index (χ4v) is 3.77. The molecule has 0 unspecified atom stereocenters. The van der Waals surface area contributed by atoms with Crippen LogP contribution in [-0.4, -0.2) is 63.0 Å². The number of nitrogens with one attached hydrogen (secondary N) is 1. The highest BCUT2D eigenvalue weighted by Gasteiger charge is 2.38. The summed E-state index contributed by atoms with van der Waals surface area (Å²) in [5.41, 5.74) is 0.359. The molecule has 1 saturated heterocycles. The van der Waals surface area contributed by atoms with E-state index in [1.54, 1.807) is 0 Å². The number of aliphatic carboxylic acids is 1. The van der Waals surface area contributed by atoms with E-state index in [1.807, 2.05) is 4.90 Å². The molecule has 3 rings (SSSR count). The Labute approximate surface area is 189 Å². The van der Waals surface area contributed by atoms with Gasteiger partial charge in [-0.05, 0) is 36.4 Å². The lowest BCUT2D eigenvalue weighted by molar-refractivity contribution is -0.192. The Kier molecular flexibility index (Phi) is 8.39. The predicted octanol–water partition coefficient (Wildman–Crippen LogP) is 2.93. The minimum atomic E-state index is -5.08. The van der Waals surface area contributed by atoms with E-state index in [2.05, 4.69) is 4.72 Å². The van der Waals surface area contributed by atoms with Crippen LogP contribution in [0.2, 0.25) is 0 Å². The van der Waals surface area contributed by atoms with Gasteiger partial charge in [-0.2, -0.15) is 13.2 Å². The average Bonchev–Trinajstić information content (AvgIpc) is 2.75. The third-order valence-electron chi connectivity index (χ3n) is 4.27. The molecule has 1 heterocycles. The molecule has 186 valence electrons. The lowest BCUT2D eigenvalue weighted by atomic mass is 10.1. The number of halogens is 5. The number of alkyl halides is 3. The molecule has 0 amide bonds. The molecule has 1 aliphatic rings. The second kappa shape index (κ2) is 10.6. The molecule has 0 aliphatic carbocycles. The smallest absolute Gasteiger partial charge is 0.478 e. The standard InChI is InChI=1S/C17H16F2N2O5S.C2HF3O2/c18-14-3-2-12(10-15(14)19)27(24,25)20-11-1-4-16(13(9-11)17(22)23)21-5-7-26-8-6-21;3-2(4,5)1(6)7/h1-4,9-10,20H,5-8H2,(H,22,23);(H,6,7). The van der Waals surface area contributed by atoms with Gasteiger partial charge in [0.15, 0.2) is 11.6 Å². The van der Waals surface area contributed by atoms with Crippen molar-refractivity contribution in [1.82, 2.24) is 0 Å². The number of aromatic carboxylic acids is 1. The number of hydrogen-bond donors (Lipinski definition) is 3. The minimum absolute atomic E-state index is 0.00542. The fraction of sp³-hybridized carbons (Fsp3) is 0.263. The Bertz CT molecular complexity index is 1170. The number of ether oxygens (including phenoxy) is 1. The first-order chi connectivity index (χ1) is 15.7. The monoisotopic (exact) mass is 512 g/mol. The Hall–Kier alpha value is -3.46. The largest absolute Gasteiger partial charge is 0.490 e. The number of hydrogen-bond acceptors (Lipinski definition) is 6. The molecular weight excluding hydrogens is 495 g/mol. The number of morpholine rings is 1. The first-order valence-electron chi connectivity index (χ1n) is 9.20. The Morgan fingerprint density at radius 2 is 1.56 bits per heavy atom. The van der Waals surface area contributed by atoms with Crippen molar-refractivity contribution in [2.75, 3.05) is 35.9 Å². The van der Waals surface area contributed by atoms with Gasteiger partial charge in [0.25, 0.3) is 10.0 Å². The molecule has 15 heteroatoms. The fourth-order valence-electron chi connectivity index (χ4n) is 2.71. The lowest BCUT2D eigenvalue weighted by Crippen LogP contribution is -2.37. The van der Waals surface area contributed by atoms with Crippen molar-refractivity contribution in [2.24, 2.45) is 0 Å². The van der Waals surface area contributed by atoms with E-state index in [0.717, 1.165) is 6.07 Å². The van der Waals surface area contributed by atoms with Crippen LogP contribution in [0.3, 0.4) is 0 Å². The van der Waals surface area contributed by atoms with E-state index in [1.165, 1.54) is 18.2 Å². The average molecular weight is 512 g/mol. The van der Waals surface area contributed by atoms with Crippen LogP contribution in [0.25, 0.3) is 0 Å². The lowest BCUT2D eigenvalue weighted by Gasteiger charge is -2.30. The summed E-state index contributed by atoms with van der Waals surface area (Å²) in [5, 5.41) is 16.6. The molecule has 9 nitrogen and oxygen atoms in total. The van der Waals surface area contributed by atoms with Crippen LogP contribution in [0.15, 0.2) is 41.3 Å². The number of benzene rings is 2. The van der Waals surface area contributed by atoms with Gasteiger partial charge in [0, 0.05) is 18.8 Å². The first-order valence-corrected chi connectivity index (χ1v) is 10.7. The third-order valence-corrected chi connectivity index (χ3v) is 5.65. The van der Waals surface area contributed by atoms with Crippen molar-refractivity contribution in [3.05, 3.63) is 53.6 Å². The summed E-state index contributed by atoms with van der Waals surface area (Å²) in [6.45, 7) is 1.95. The molecule has 0 aromatic heterocycles. The molecule has 34 heavy (non-hydrogen) atoms. The summed E-state index contributed by atoms with van der Waals surface area (Å²) in [6.07, 6.45) is -5.08. The second-order valence-electron chi connectivity index (χ2n) is 6.62. The van der Waals surface area contributed by atoms with Gasteiger partial charge in [0.1, 0.15) is 0 Å². The van der Waals surface area contributed by atoms with E-state index in [-0.39, 0.29) is 11.3 Å². The summed E-state index contributed by atoms with van der Waals surface area (Å²) in [6, 6.07) is 6.27. The highest BCUT2D eigenvalue weighted by atomic mass is 32.2. The van der Waals surface area contributed by atoms with Crippen LogP contribution in [0.1, 0.15) is 10.4 Å². The Morgan fingerprint density at radius 1 is 0.971 bits per heavy atom. The van der Waals surface area contributed by atoms with Gasteiger partial charge in [0.05, 0.1) is 29.4 Å². The Balaban J connectivity index is 0.000000509. The number of carbonyl (C=O) groups is 2. The molecule has 0 radical (unpaired) electrons. The molecule has 3 N–H and O–H groups in total. The third kappa shape index (κ3) is 7.02. The van der Waals surface area contributed by atoms with Crippen LogP contribution in [0.4, 0.5) is 33.3 Å².